The van der Waals surface area contributed by atoms with E-state index in [0.29, 0.717) is 23.0 Å². The van der Waals surface area contributed by atoms with E-state index < -0.39 is 0 Å². The van der Waals surface area contributed by atoms with Crippen molar-refractivity contribution in [1.82, 2.24) is 0 Å². The highest BCUT2D eigenvalue weighted by atomic mass is 35.5. The lowest BCUT2D eigenvalue weighted by atomic mass is 10.1. The predicted octanol–water partition coefficient (Wildman–Crippen LogP) is 1.37. The third-order valence-electron chi connectivity index (χ3n) is 3.75. The van der Waals surface area contributed by atoms with Gasteiger partial charge in [0, 0.05) is 11.6 Å². The molecule has 0 radical (unpaired) electrons. The summed E-state index contributed by atoms with van der Waals surface area (Å²) in [6, 6.07) is 5.16. The van der Waals surface area contributed by atoms with Crippen LogP contribution in [0.4, 0.5) is 5.69 Å². The van der Waals surface area contributed by atoms with Crippen LogP contribution in [0.25, 0.3) is 0 Å². The molecule has 0 saturated carbocycles. The number of hydrogen-bond donors (Lipinski definition) is 2. The first-order chi connectivity index (χ1) is 10.6. The van der Waals surface area contributed by atoms with Crippen LogP contribution in [0.5, 0.6) is 5.75 Å². The number of rotatable bonds is 6. The Labute approximate surface area is 136 Å². The molecule has 2 rings (SSSR count). The highest BCUT2D eigenvalue weighted by molar-refractivity contribution is 6.31. The third-order valence-corrected chi connectivity index (χ3v) is 3.98. The van der Waals surface area contributed by atoms with E-state index in [0.717, 1.165) is 30.9 Å². The van der Waals surface area contributed by atoms with Gasteiger partial charge in [0.05, 0.1) is 19.8 Å². The molecule has 1 saturated heterocycles. The van der Waals surface area contributed by atoms with E-state index in [9.17, 15) is 4.79 Å². The Morgan fingerprint density at radius 3 is 3.00 bits per heavy atom. The summed E-state index contributed by atoms with van der Waals surface area (Å²) in [7, 11) is 3.57. The summed E-state index contributed by atoms with van der Waals surface area (Å²) in [6.07, 6.45) is 3.71. The molecule has 1 aliphatic heterocycles. The molecule has 1 amide bonds. The lowest BCUT2D eigenvalue weighted by Gasteiger charge is -2.25. The minimum atomic E-state index is -0.0612. The molecule has 0 aromatic heterocycles. The molecule has 6 heteroatoms. The van der Waals surface area contributed by atoms with E-state index in [2.05, 4.69) is 5.32 Å². The first kappa shape index (κ1) is 17.1. The van der Waals surface area contributed by atoms with Crippen molar-refractivity contribution in [3.8, 4) is 5.75 Å². The lowest BCUT2D eigenvalue weighted by Crippen LogP contribution is -3.11. The second-order valence-corrected chi connectivity index (χ2v) is 6.16. The average Bonchev–Trinajstić information content (AvgIpc) is 2.48. The molecule has 22 heavy (non-hydrogen) atoms. The van der Waals surface area contributed by atoms with Gasteiger partial charge in [-0.25, -0.2) is 0 Å². The number of likely N-dealkylation sites (N-methyl/N-ethyl adjacent to an activating group) is 1. The van der Waals surface area contributed by atoms with Gasteiger partial charge in [0.1, 0.15) is 18.4 Å². The van der Waals surface area contributed by atoms with Crippen molar-refractivity contribution in [1.29, 1.82) is 0 Å². The molecule has 1 heterocycles. The van der Waals surface area contributed by atoms with Crippen LogP contribution in [0.1, 0.15) is 19.3 Å². The van der Waals surface area contributed by atoms with Crippen LogP contribution in [0.3, 0.4) is 0 Å². The number of halogens is 1. The fourth-order valence-electron chi connectivity index (χ4n) is 2.68. The van der Waals surface area contributed by atoms with Gasteiger partial charge in [-0.3, -0.25) is 4.79 Å². The molecular formula is C16H24ClN2O3+. The van der Waals surface area contributed by atoms with Crippen molar-refractivity contribution >= 4 is 23.2 Å². The summed E-state index contributed by atoms with van der Waals surface area (Å²) in [4.78, 5) is 13.3. The third kappa shape index (κ3) is 5.16. The molecule has 1 aliphatic rings. The van der Waals surface area contributed by atoms with Crippen molar-refractivity contribution in [2.24, 2.45) is 0 Å². The quantitative estimate of drug-likeness (QED) is 0.830. The van der Waals surface area contributed by atoms with Gasteiger partial charge >= 0.3 is 0 Å². The van der Waals surface area contributed by atoms with Crippen molar-refractivity contribution in [2.75, 3.05) is 39.2 Å². The van der Waals surface area contributed by atoms with Gasteiger partial charge in [-0.15, -0.1) is 0 Å². The van der Waals surface area contributed by atoms with E-state index in [1.165, 1.54) is 6.42 Å². The number of nitrogens with one attached hydrogen (secondary N) is 2. The summed E-state index contributed by atoms with van der Waals surface area (Å²) in [5.41, 5.74) is 0.599. The SMILES string of the molecule is COc1ccc(Cl)cc1NC(=O)C[NH+](C)C[C@@H]1CCCCO1. The minimum Gasteiger partial charge on any atom is -0.495 e. The number of carbonyl (C=O) groups excluding carboxylic acids is 1. The van der Waals surface area contributed by atoms with Crippen molar-refractivity contribution in [3.05, 3.63) is 23.2 Å². The highest BCUT2D eigenvalue weighted by Gasteiger charge is 2.20. The van der Waals surface area contributed by atoms with Crippen LogP contribution in [0, 0.1) is 0 Å². The Balaban J connectivity index is 1.85. The number of ether oxygens (including phenoxy) is 2. The molecule has 1 aromatic rings. The molecule has 0 spiro atoms. The molecule has 1 fully saturated rings. The van der Waals surface area contributed by atoms with Crippen LogP contribution >= 0.6 is 11.6 Å². The number of methoxy groups -OCH3 is 1. The second-order valence-electron chi connectivity index (χ2n) is 5.72. The number of quaternary nitrogens is 1. The lowest BCUT2D eigenvalue weighted by molar-refractivity contribution is -0.874. The maximum absolute atomic E-state index is 12.2. The number of carbonyl (C=O) groups is 1. The van der Waals surface area contributed by atoms with E-state index in [-0.39, 0.29) is 12.0 Å². The van der Waals surface area contributed by atoms with Gasteiger partial charge < -0.3 is 19.7 Å². The largest absolute Gasteiger partial charge is 0.495 e. The Morgan fingerprint density at radius 2 is 2.32 bits per heavy atom. The van der Waals surface area contributed by atoms with E-state index in [1.54, 1.807) is 25.3 Å². The maximum atomic E-state index is 12.2. The smallest absolute Gasteiger partial charge is 0.279 e. The van der Waals surface area contributed by atoms with E-state index in [4.69, 9.17) is 21.1 Å². The number of hydrogen-bond acceptors (Lipinski definition) is 3. The zero-order valence-electron chi connectivity index (χ0n) is 13.2. The van der Waals surface area contributed by atoms with Crippen molar-refractivity contribution in [3.63, 3.8) is 0 Å². The average molecular weight is 328 g/mol. The monoisotopic (exact) mass is 327 g/mol. The van der Waals surface area contributed by atoms with E-state index in [1.807, 2.05) is 7.05 Å². The van der Waals surface area contributed by atoms with Gasteiger partial charge in [0.15, 0.2) is 6.54 Å². The Morgan fingerprint density at radius 1 is 1.50 bits per heavy atom. The molecule has 2 atom stereocenters. The molecule has 1 unspecified atom stereocenters. The summed E-state index contributed by atoms with van der Waals surface area (Å²) < 4.78 is 10.9. The Kier molecular flexibility index (Phi) is 6.49. The zero-order valence-corrected chi connectivity index (χ0v) is 13.9. The number of amides is 1. The van der Waals surface area contributed by atoms with Crippen LogP contribution < -0.4 is 15.0 Å². The molecule has 0 aliphatic carbocycles. The van der Waals surface area contributed by atoms with Crippen LogP contribution in [0.15, 0.2) is 18.2 Å². The van der Waals surface area contributed by atoms with Gasteiger partial charge in [-0.05, 0) is 37.5 Å². The van der Waals surface area contributed by atoms with Crippen LogP contribution in [-0.2, 0) is 9.53 Å². The van der Waals surface area contributed by atoms with Crippen LogP contribution in [-0.4, -0.2) is 45.9 Å². The summed E-state index contributed by atoms with van der Waals surface area (Å²) in [5.74, 6) is 0.542. The first-order valence-corrected chi connectivity index (χ1v) is 8.02. The topological polar surface area (TPSA) is 52.0 Å². The standard InChI is InChI=1S/C16H23ClN2O3/c1-19(10-13-5-3-4-8-22-13)11-16(20)18-14-9-12(17)6-7-15(14)21-2/h6-7,9,13H,3-5,8,10-11H2,1-2H3,(H,18,20)/p+1/t13-/m0/s1. The molecule has 5 nitrogen and oxygen atoms in total. The molecule has 122 valence electrons. The molecule has 0 bridgehead atoms. The highest BCUT2D eigenvalue weighted by Crippen LogP contribution is 2.27. The van der Waals surface area contributed by atoms with E-state index >= 15 is 0 Å². The molecular weight excluding hydrogens is 304 g/mol. The fourth-order valence-corrected chi connectivity index (χ4v) is 2.85. The zero-order chi connectivity index (χ0) is 15.9. The second kappa shape index (κ2) is 8.36. The van der Waals surface area contributed by atoms with Gasteiger partial charge in [-0.1, -0.05) is 11.6 Å². The van der Waals surface area contributed by atoms with Gasteiger partial charge in [0.2, 0.25) is 0 Å². The maximum Gasteiger partial charge on any atom is 0.279 e. The Hall–Kier alpha value is -1.30. The van der Waals surface area contributed by atoms with Gasteiger partial charge in [-0.2, -0.15) is 0 Å². The van der Waals surface area contributed by atoms with Crippen molar-refractivity contribution < 1.29 is 19.2 Å². The number of benzene rings is 1. The first-order valence-electron chi connectivity index (χ1n) is 7.65. The van der Waals surface area contributed by atoms with Crippen molar-refractivity contribution in [2.45, 2.75) is 25.4 Å². The predicted molar refractivity (Wildman–Crippen MR) is 86.8 cm³/mol. The summed E-state index contributed by atoms with van der Waals surface area (Å²) in [5, 5.41) is 3.42. The fraction of sp³-hybridized carbons (Fsp3) is 0.562. The normalized spacial score (nSPS) is 19.5. The molecule has 2 N–H and O–H groups in total. The van der Waals surface area contributed by atoms with Crippen LogP contribution in [0.2, 0.25) is 5.02 Å². The minimum absolute atomic E-state index is 0.0612. The summed E-state index contributed by atoms with van der Waals surface area (Å²) in [6.45, 7) is 2.07. The summed E-state index contributed by atoms with van der Waals surface area (Å²) >= 11 is 5.96. The number of anilines is 1. The molecule has 1 aromatic carbocycles. The Bertz CT molecular complexity index is 504. The van der Waals surface area contributed by atoms with Gasteiger partial charge in [0.25, 0.3) is 5.91 Å².